The fraction of sp³-hybridized carbons (Fsp3) is 0.571. The van der Waals surface area contributed by atoms with Crippen molar-refractivity contribution in [1.29, 1.82) is 0 Å². The molecule has 0 heterocycles. The Morgan fingerprint density at radius 3 is 2.50 bits per heavy atom. The molecule has 0 aliphatic rings. The van der Waals surface area contributed by atoms with Gasteiger partial charge in [-0.05, 0) is 0 Å². The van der Waals surface area contributed by atoms with E-state index in [0.717, 1.165) is 0 Å². The lowest BCUT2D eigenvalue weighted by atomic mass is 10.3. The minimum atomic E-state index is -0.632. The highest BCUT2D eigenvalue weighted by Crippen LogP contribution is 2.02. The second-order valence-corrected chi connectivity index (χ2v) is 2.93. The number of rotatable bonds is 5. The molecule has 0 aliphatic heterocycles. The highest BCUT2D eigenvalue weighted by molar-refractivity contribution is 7.81. The molecule has 1 atom stereocenters. The Kier molecular flexibility index (Phi) is 5.36. The van der Waals surface area contributed by atoms with Crippen molar-refractivity contribution in [2.75, 3.05) is 13.6 Å². The molecule has 68 valence electrons. The van der Waals surface area contributed by atoms with Crippen molar-refractivity contribution in [3.63, 3.8) is 0 Å². The van der Waals surface area contributed by atoms with Gasteiger partial charge in [0, 0.05) is 13.5 Å². The molecule has 0 fully saturated rings. The van der Waals surface area contributed by atoms with Gasteiger partial charge in [0.2, 0.25) is 5.91 Å². The lowest BCUT2D eigenvalue weighted by molar-refractivity contribution is -0.131. The molecular formula is C7H11NO3S. The molecule has 0 aromatic heterocycles. The largest absolute Gasteiger partial charge is 0.338 e. The first kappa shape index (κ1) is 11.2. The monoisotopic (exact) mass is 189 g/mol. The number of thiol groups is 1. The number of carbonyl (C=O) groups excluding carboxylic acids is 3. The van der Waals surface area contributed by atoms with Crippen LogP contribution in [0.5, 0.6) is 0 Å². The van der Waals surface area contributed by atoms with Crippen molar-refractivity contribution in [2.24, 2.45) is 0 Å². The summed E-state index contributed by atoms with van der Waals surface area (Å²) in [5, 5.41) is -0.632. The van der Waals surface area contributed by atoms with E-state index >= 15 is 0 Å². The van der Waals surface area contributed by atoms with Gasteiger partial charge in [-0.2, -0.15) is 12.6 Å². The van der Waals surface area contributed by atoms with Crippen LogP contribution < -0.4 is 0 Å². The summed E-state index contributed by atoms with van der Waals surface area (Å²) in [5.41, 5.74) is 0. The van der Waals surface area contributed by atoms with Gasteiger partial charge >= 0.3 is 0 Å². The van der Waals surface area contributed by atoms with Gasteiger partial charge < -0.3 is 14.5 Å². The number of hydrogen-bond acceptors (Lipinski definition) is 4. The van der Waals surface area contributed by atoms with Crippen LogP contribution in [0.1, 0.15) is 6.42 Å². The predicted molar refractivity (Wildman–Crippen MR) is 47.2 cm³/mol. The topological polar surface area (TPSA) is 54.5 Å². The lowest BCUT2D eigenvalue weighted by Gasteiger charge is -2.16. The summed E-state index contributed by atoms with van der Waals surface area (Å²) in [6, 6.07) is 0. The van der Waals surface area contributed by atoms with E-state index in [0.29, 0.717) is 12.6 Å². The van der Waals surface area contributed by atoms with E-state index in [1.807, 2.05) is 0 Å². The molecule has 5 heteroatoms. The van der Waals surface area contributed by atoms with Crippen LogP contribution in [-0.2, 0) is 14.4 Å². The molecule has 1 amide bonds. The zero-order chi connectivity index (χ0) is 9.56. The third-order valence-corrected chi connectivity index (χ3v) is 1.76. The van der Waals surface area contributed by atoms with Crippen LogP contribution in [0.15, 0.2) is 0 Å². The van der Waals surface area contributed by atoms with E-state index in [9.17, 15) is 14.4 Å². The quantitative estimate of drug-likeness (QED) is 0.470. The predicted octanol–water partition coefficient (Wildman–Crippen LogP) is -0.469. The van der Waals surface area contributed by atoms with E-state index in [4.69, 9.17) is 0 Å². The van der Waals surface area contributed by atoms with Crippen molar-refractivity contribution in [2.45, 2.75) is 11.7 Å². The van der Waals surface area contributed by atoms with Crippen LogP contribution in [-0.4, -0.2) is 42.2 Å². The van der Waals surface area contributed by atoms with E-state index in [1.54, 1.807) is 0 Å². The third kappa shape index (κ3) is 3.52. The number of carbonyl (C=O) groups is 3. The Balaban J connectivity index is 3.98. The smallest absolute Gasteiger partial charge is 0.235 e. The van der Waals surface area contributed by atoms with Crippen molar-refractivity contribution >= 4 is 31.1 Å². The molecule has 1 unspecified atom stereocenters. The van der Waals surface area contributed by atoms with Crippen LogP contribution in [0.2, 0.25) is 0 Å². The number of likely N-dealkylation sites (N-methyl/N-ethyl adjacent to an activating group) is 1. The summed E-state index contributed by atoms with van der Waals surface area (Å²) in [4.78, 5) is 32.4. The molecule has 0 spiro atoms. The normalized spacial score (nSPS) is 11.8. The van der Waals surface area contributed by atoms with E-state index < -0.39 is 5.25 Å². The Hall–Kier alpha value is -0.840. The number of aldehydes is 2. The lowest BCUT2D eigenvalue weighted by Crippen LogP contribution is -2.35. The number of hydrogen-bond donors (Lipinski definition) is 1. The summed E-state index contributed by atoms with van der Waals surface area (Å²) < 4.78 is 0. The maximum absolute atomic E-state index is 11.2. The summed E-state index contributed by atoms with van der Waals surface area (Å²) in [5.74, 6) is -0.308. The Morgan fingerprint density at radius 2 is 2.08 bits per heavy atom. The molecule has 4 nitrogen and oxygen atoms in total. The second kappa shape index (κ2) is 5.77. The number of amides is 1. The molecule has 0 aromatic carbocycles. The third-order valence-electron chi connectivity index (χ3n) is 1.33. The minimum absolute atomic E-state index is 0.0365. The van der Waals surface area contributed by atoms with Gasteiger partial charge in [-0.1, -0.05) is 0 Å². The minimum Gasteiger partial charge on any atom is -0.338 e. The fourth-order valence-electron chi connectivity index (χ4n) is 0.648. The fourth-order valence-corrected chi connectivity index (χ4v) is 0.931. The van der Waals surface area contributed by atoms with Crippen molar-refractivity contribution in [3.05, 3.63) is 0 Å². The van der Waals surface area contributed by atoms with Gasteiger partial charge in [-0.15, -0.1) is 0 Å². The summed E-state index contributed by atoms with van der Waals surface area (Å²) in [6.07, 6.45) is 1.33. The Bertz CT molecular complexity index is 165. The van der Waals surface area contributed by atoms with Crippen LogP contribution >= 0.6 is 12.6 Å². The molecule has 0 aromatic rings. The molecule has 0 saturated heterocycles. The van der Waals surface area contributed by atoms with Crippen LogP contribution in [0.3, 0.4) is 0 Å². The van der Waals surface area contributed by atoms with Gasteiger partial charge in [0.1, 0.15) is 12.6 Å². The molecule has 0 aliphatic carbocycles. The van der Waals surface area contributed by atoms with Gasteiger partial charge in [0.05, 0.1) is 11.8 Å². The molecule has 0 bridgehead atoms. The van der Waals surface area contributed by atoms with Crippen molar-refractivity contribution < 1.29 is 14.4 Å². The summed E-state index contributed by atoms with van der Waals surface area (Å²) in [7, 11) is 1.49. The van der Waals surface area contributed by atoms with Crippen LogP contribution in [0.4, 0.5) is 0 Å². The highest BCUT2D eigenvalue weighted by Gasteiger charge is 2.16. The molecule has 0 rings (SSSR count). The summed E-state index contributed by atoms with van der Waals surface area (Å²) in [6.45, 7) is 0.0365. The SMILES string of the molecule is CN(CC=O)C(=O)C(S)CC=O. The van der Waals surface area contributed by atoms with E-state index in [2.05, 4.69) is 12.6 Å². The standard InChI is InChI=1S/C7H11NO3S/c1-8(3-5-10)7(11)6(12)2-4-9/h4-6,12H,2-3H2,1H3. The Morgan fingerprint density at radius 1 is 1.50 bits per heavy atom. The first-order valence-corrected chi connectivity index (χ1v) is 3.95. The first-order chi connectivity index (χ1) is 5.63. The molecule has 0 radical (unpaired) electrons. The maximum atomic E-state index is 11.2. The van der Waals surface area contributed by atoms with E-state index in [1.165, 1.54) is 11.9 Å². The van der Waals surface area contributed by atoms with Crippen molar-refractivity contribution in [3.8, 4) is 0 Å². The molecular weight excluding hydrogens is 178 g/mol. The molecule has 0 N–H and O–H groups in total. The average Bonchev–Trinajstić information content (AvgIpc) is 2.04. The zero-order valence-electron chi connectivity index (χ0n) is 6.77. The molecule has 12 heavy (non-hydrogen) atoms. The maximum Gasteiger partial charge on any atom is 0.235 e. The van der Waals surface area contributed by atoms with Gasteiger partial charge in [-0.25, -0.2) is 0 Å². The Labute approximate surface area is 76.3 Å². The van der Waals surface area contributed by atoms with Gasteiger partial charge in [-0.3, -0.25) is 4.79 Å². The van der Waals surface area contributed by atoms with Crippen molar-refractivity contribution in [1.82, 2.24) is 4.90 Å². The first-order valence-electron chi connectivity index (χ1n) is 3.43. The zero-order valence-corrected chi connectivity index (χ0v) is 7.66. The molecule has 0 saturated carbocycles. The van der Waals surface area contributed by atoms with Gasteiger partial charge in [0.25, 0.3) is 0 Å². The van der Waals surface area contributed by atoms with Crippen LogP contribution in [0.25, 0.3) is 0 Å². The highest BCUT2D eigenvalue weighted by atomic mass is 32.1. The average molecular weight is 189 g/mol. The van der Waals surface area contributed by atoms with E-state index in [-0.39, 0.29) is 18.9 Å². The summed E-state index contributed by atoms with van der Waals surface area (Å²) >= 11 is 3.90. The van der Waals surface area contributed by atoms with Crippen LogP contribution in [0, 0.1) is 0 Å². The van der Waals surface area contributed by atoms with Gasteiger partial charge in [0.15, 0.2) is 0 Å². The number of nitrogens with zero attached hydrogens (tertiary/aromatic N) is 1. The second-order valence-electron chi connectivity index (χ2n) is 2.30.